The molecule has 2 rings (SSSR count). The zero-order valence-corrected chi connectivity index (χ0v) is 15.4. The summed E-state index contributed by atoms with van der Waals surface area (Å²) in [5, 5.41) is 0. The van der Waals surface area contributed by atoms with Crippen LogP contribution in [0, 0.1) is 17.3 Å². The SMILES string of the molecule is CC(C)(C)CCC1CN(CC2CCN(C(C)(C)C)CC2)C1. The van der Waals surface area contributed by atoms with Crippen molar-refractivity contribution in [2.24, 2.45) is 17.3 Å². The normalized spacial score (nSPS) is 24.3. The van der Waals surface area contributed by atoms with Crippen LogP contribution in [0.2, 0.25) is 0 Å². The van der Waals surface area contributed by atoms with Crippen molar-refractivity contribution < 1.29 is 0 Å². The van der Waals surface area contributed by atoms with Gasteiger partial charge in [-0.3, -0.25) is 4.90 Å². The fourth-order valence-electron chi connectivity index (χ4n) is 3.80. The first-order chi connectivity index (χ1) is 9.63. The molecule has 2 heteroatoms. The number of rotatable bonds is 4. The first-order valence-electron chi connectivity index (χ1n) is 9.11. The predicted octanol–water partition coefficient (Wildman–Crippen LogP) is 4.26. The Labute approximate surface area is 133 Å². The zero-order valence-electron chi connectivity index (χ0n) is 15.4. The van der Waals surface area contributed by atoms with Crippen molar-refractivity contribution in [2.45, 2.75) is 72.8 Å². The van der Waals surface area contributed by atoms with Crippen LogP contribution in [0.25, 0.3) is 0 Å². The molecule has 2 aliphatic rings. The van der Waals surface area contributed by atoms with Crippen molar-refractivity contribution in [3.8, 4) is 0 Å². The van der Waals surface area contributed by atoms with Crippen LogP contribution in [0.4, 0.5) is 0 Å². The van der Waals surface area contributed by atoms with Gasteiger partial charge in [0, 0.05) is 25.2 Å². The molecule has 124 valence electrons. The van der Waals surface area contributed by atoms with Crippen molar-refractivity contribution >= 4 is 0 Å². The van der Waals surface area contributed by atoms with Gasteiger partial charge in [0.05, 0.1) is 0 Å². The fraction of sp³-hybridized carbons (Fsp3) is 1.00. The van der Waals surface area contributed by atoms with E-state index in [9.17, 15) is 0 Å². The maximum atomic E-state index is 2.71. The van der Waals surface area contributed by atoms with Crippen molar-refractivity contribution in [1.29, 1.82) is 0 Å². The number of piperidine rings is 1. The molecule has 0 bridgehead atoms. The molecule has 2 heterocycles. The van der Waals surface area contributed by atoms with Gasteiger partial charge in [-0.25, -0.2) is 0 Å². The van der Waals surface area contributed by atoms with Crippen LogP contribution >= 0.6 is 0 Å². The molecule has 0 aromatic rings. The van der Waals surface area contributed by atoms with E-state index in [0.29, 0.717) is 11.0 Å². The van der Waals surface area contributed by atoms with E-state index in [4.69, 9.17) is 0 Å². The van der Waals surface area contributed by atoms with Crippen LogP contribution in [0.1, 0.15) is 67.2 Å². The van der Waals surface area contributed by atoms with E-state index in [-0.39, 0.29) is 0 Å². The highest BCUT2D eigenvalue weighted by atomic mass is 15.2. The Bertz CT molecular complexity index is 309. The summed E-state index contributed by atoms with van der Waals surface area (Å²) in [4.78, 5) is 5.37. The number of likely N-dealkylation sites (tertiary alicyclic amines) is 2. The van der Waals surface area contributed by atoms with Gasteiger partial charge in [0.2, 0.25) is 0 Å². The third kappa shape index (κ3) is 5.56. The molecule has 0 aliphatic carbocycles. The monoisotopic (exact) mass is 294 g/mol. The highest BCUT2D eigenvalue weighted by Gasteiger charge is 2.32. The van der Waals surface area contributed by atoms with Gasteiger partial charge in [0.1, 0.15) is 0 Å². The van der Waals surface area contributed by atoms with Crippen LogP contribution in [-0.4, -0.2) is 48.1 Å². The number of nitrogens with zero attached hydrogens (tertiary/aromatic N) is 2. The Morgan fingerprint density at radius 2 is 1.43 bits per heavy atom. The van der Waals surface area contributed by atoms with Gasteiger partial charge in [0.25, 0.3) is 0 Å². The highest BCUT2D eigenvalue weighted by Crippen LogP contribution is 2.30. The van der Waals surface area contributed by atoms with E-state index in [0.717, 1.165) is 11.8 Å². The minimum atomic E-state index is 0.361. The van der Waals surface area contributed by atoms with Crippen LogP contribution < -0.4 is 0 Å². The van der Waals surface area contributed by atoms with Crippen molar-refractivity contribution in [2.75, 3.05) is 32.7 Å². The van der Waals surface area contributed by atoms with E-state index >= 15 is 0 Å². The summed E-state index contributed by atoms with van der Waals surface area (Å²) in [5.74, 6) is 1.94. The second-order valence-corrected chi connectivity index (χ2v) is 9.79. The summed E-state index contributed by atoms with van der Waals surface area (Å²) < 4.78 is 0. The molecule has 2 aliphatic heterocycles. The molecule has 0 aromatic heterocycles. The Hall–Kier alpha value is -0.0800. The van der Waals surface area contributed by atoms with Crippen molar-refractivity contribution in [3.05, 3.63) is 0 Å². The highest BCUT2D eigenvalue weighted by molar-refractivity contribution is 4.86. The largest absolute Gasteiger partial charge is 0.302 e. The molecule has 0 aromatic carbocycles. The quantitative estimate of drug-likeness (QED) is 0.764. The lowest BCUT2D eigenvalue weighted by Crippen LogP contribution is -2.51. The Morgan fingerprint density at radius 3 is 1.90 bits per heavy atom. The Morgan fingerprint density at radius 1 is 0.857 bits per heavy atom. The molecule has 0 atom stereocenters. The van der Waals surface area contributed by atoms with Crippen molar-refractivity contribution in [3.63, 3.8) is 0 Å². The topological polar surface area (TPSA) is 6.48 Å². The summed E-state index contributed by atoms with van der Waals surface area (Å²) in [5.41, 5.74) is 0.875. The summed E-state index contributed by atoms with van der Waals surface area (Å²) in [6.07, 6.45) is 5.62. The van der Waals surface area contributed by atoms with Gasteiger partial charge in [-0.1, -0.05) is 20.8 Å². The van der Waals surface area contributed by atoms with Crippen LogP contribution in [0.5, 0.6) is 0 Å². The smallest absolute Gasteiger partial charge is 0.0125 e. The maximum Gasteiger partial charge on any atom is 0.0125 e. The molecule has 0 saturated carbocycles. The van der Waals surface area contributed by atoms with E-state index in [1.165, 1.54) is 58.4 Å². The fourth-order valence-corrected chi connectivity index (χ4v) is 3.80. The number of hydrogen-bond donors (Lipinski definition) is 0. The first kappa shape index (κ1) is 17.3. The molecular weight excluding hydrogens is 256 g/mol. The lowest BCUT2D eigenvalue weighted by molar-refractivity contribution is 0.0357. The van der Waals surface area contributed by atoms with Crippen molar-refractivity contribution in [1.82, 2.24) is 9.80 Å². The summed E-state index contributed by atoms with van der Waals surface area (Å²) in [6, 6.07) is 0. The summed E-state index contributed by atoms with van der Waals surface area (Å²) >= 11 is 0. The Kier molecular flexibility index (Phi) is 5.41. The Balaban J connectivity index is 1.59. The van der Waals surface area contributed by atoms with Crippen LogP contribution in [0.15, 0.2) is 0 Å². The minimum absolute atomic E-state index is 0.361. The molecule has 0 N–H and O–H groups in total. The molecular formula is C19H38N2. The number of hydrogen-bond acceptors (Lipinski definition) is 2. The predicted molar refractivity (Wildman–Crippen MR) is 92.7 cm³/mol. The second-order valence-electron chi connectivity index (χ2n) is 9.79. The average molecular weight is 295 g/mol. The molecule has 0 radical (unpaired) electrons. The average Bonchev–Trinajstić information content (AvgIpc) is 2.30. The van der Waals surface area contributed by atoms with E-state index in [1.807, 2.05) is 0 Å². The van der Waals surface area contributed by atoms with Gasteiger partial charge < -0.3 is 4.90 Å². The molecule has 0 unspecified atom stereocenters. The minimum Gasteiger partial charge on any atom is -0.302 e. The molecule has 21 heavy (non-hydrogen) atoms. The van der Waals surface area contributed by atoms with E-state index < -0.39 is 0 Å². The molecule has 2 fully saturated rings. The molecule has 2 saturated heterocycles. The summed E-state index contributed by atoms with van der Waals surface area (Å²) in [6.45, 7) is 20.9. The third-order valence-electron chi connectivity index (χ3n) is 5.41. The van der Waals surface area contributed by atoms with Gasteiger partial charge in [-0.05, 0) is 76.8 Å². The third-order valence-corrected chi connectivity index (χ3v) is 5.41. The van der Waals surface area contributed by atoms with E-state index in [1.54, 1.807) is 0 Å². The lowest BCUT2D eigenvalue weighted by Gasteiger charge is -2.45. The maximum absolute atomic E-state index is 2.71. The molecule has 0 amide bonds. The van der Waals surface area contributed by atoms with Crippen LogP contribution in [-0.2, 0) is 0 Å². The zero-order chi connectivity index (χ0) is 15.7. The van der Waals surface area contributed by atoms with Gasteiger partial charge in [-0.15, -0.1) is 0 Å². The lowest BCUT2D eigenvalue weighted by atomic mass is 9.83. The van der Waals surface area contributed by atoms with Crippen LogP contribution in [0.3, 0.4) is 0 Å². The molecule has 0 spiro atoms. The summed E-state index contributed by atoms with van der Waals surface area (Å²) in [7, 11) is 0. The van der Waals surface area contributed by atoms with Gasteiger partial charge in [0.15, 0.2) is 0 Å². The standard InChI is InChI=1S/C19H38N2/c1-18(2,3)10-7-17-14-20(15-17)13-16-8-11-21(12-9-16)19(4,5)6/h16-17H,7-15H2,1-6H3. The van der Waals surface area contributed by atoms with Gasteiger partial charge >= 0.3 is 0 Å². The second kappa shape index (κ2) is 6.58. The first-order valence-corrected chi connectivity index (χ1v) is 9.11. The molecule has 2 nitrogen and oxygen atoms in total. The van der Waals surface area contributed by atoms with E-state index in [2.05, 4.69) is 51.3 Å². The van der Waals surface area contributed by atoms with Gasteiger partial charge in [-0.2, -0.15) is 0 Å².